The normalized spacial score (nSPS) is 48.0. The Kier molecular flexibility index (Phi) is 10.2. The molecular formula is C29H48Cl2O5S2. The quantitative estimate of drug-likeness (QED) is 0.220. The minimum absolute atomic E-state index is 0.0968. The number of hydrogen-bond donors (Lipinski definition) is 0. The molecule has 2 heterocycles. The molecule has 12 atom stereocenters. The van der Waals surface area contributed by atoms with Crippen molar-refractivity contribution in [3.8, 4) is 0 Å². The Bertz CT molecular complexity index is 769. The summed E-state index contributed by atoms with van der Waals surface area (Å²) in [5, 5.41) is 0. The number of hydrogen-bond acceptors (Lipinski definition) is 7. The summed E-state index contributed by atoms with van der Waals surface area (Å²) in [6.45, 7) is 17.8. The highest BCUT2D eigenvalue weighted by atomic mass is 35.5. The number of rotatable bonds is 6. The largest absolute Gasteiger partial charge is 0.509 e. The Morgan fingerprint density at radius 3 is 1.39 bits per heavy atom. The van der Waals surface area contributed by atoms with Crippen molar-refractivity contribution < 1.29 is 23.7 Å². The van der Waals surface area contributed by atoms with Crippen LogP contribution >= 0.6 is 46.7 Å². The maximum Gasteiger partial charge on any atom is 0.509 e. The third kappa shape index (κ3) is 5.61. The van der Waals surface area contributed by atoms with Crippen LogP contribution in [0.15, 0.2) is 0 Å². The summed E-state index contributed by atoms with van der Waals surface area (Å²) in [6, 6.07) is 0. The standard InChI is InChI=1S/C29H48Cl2O5S2/c1-15(2)21-11-9-17(5)19(7)28(21,25-33-23(30)13-37-25)35-27(32)36-29(26-34-24(31)14-38-26)20(8)18(6)10-12-22(29)16(3)4/h15-26H,9-14H2,1-8H3. The van der Waals surface area contributed by atoms with Gasteiger partial charge >= 0.3 is 6.16 Å². The van der Waals surface area contributed by atoms with Gasteiger partial charge in [0.05, 0.1) is 0 Å². The summed E-state index contributed by atoms with van der Waals surface area (Å²) >= 11 is 16.2. The first kappa shape index (κ1) is 31.4. The van der Waals surface area contributed by atoms with Crippen LogP contribution in [-0.2, 0) is 18.9 Å². The molecule has 0 amide bonds. The lowest BCUT2D eigenvalue weighted by atomic mass is 9.61. The molecule has 0 radical (unpaired) electrons. The van der Waals surface area contributed by atoms with Crippen LogP contribution in [0.3, 0.4) is 0 Å². The maximum atomic E-state index is 14.3. The molecule has 5 nitrogen and oxygen atoms in total. The average Bonchev–Trinajstić information content (AvgIpc) is 3.48. The molecule has 2 aliphatic heterocycles. The zero-order chi connectivity index (χ0) is 28.0. The van der Waals surface area contributed by atoms with Crippen molar-refractivity contribution in [3.05, 3.63) is 0 Å². The number of carbonyl (C=O) groups is 1. The van der Waals surface area contributed by atoms with Crippen molar-refractivity contribution >= 4 is 52.9 Å². The zero-order valence-corrected chi connectivity index (χ0v) is 27.4. The van der Waals surface area contributed by atoms with Gasteiger partial charge in [-0.2, -0.15) is 0 Å². The average molecular weight is 612 g/mol. The number of carbonyl (C=O) groups excluding carboxylic acids is 1. The molecule has 2 saturated carbocycles. The second-order valence-corrected chi connectivity index (χ2v) is 16.1. The molecule has 0 spiro atoms. The van der Waals surface area contributed by atoms with Gasteiger partial charge in [0.2, 0.25) is 0 Å². The maximum absolute atomic E-state index is 14.3. The van der Waals surface area contributed by atoms with Crippen LogP contribution in [-0.4, -0.2) is 50.9 Å². The Morgan fingerprint density at radius 1 is 0.737 bits per heavy atom. The van der Waals surface area contributed by atoms with Gasteiger partial charge in [-0.15, -0.1) is 23.5 Å². The van der Waals surface area contributed by atoms with Crippen molar-refractivity contribution in [3.63, 3.8) is 0 Å². The molecule has 2 saturated heterocycles. The molecule has 0 N–H and O–H groups in total. The Balaban J connectivity index is 1.74. The predicted molar refractivity (Wildman–Crippen MR) is 159 cm³/mol. The zero-order valence-electron chi connectivity index (χ0n) is 24.3. The molecule has 0 aromatic rings. The fraction of sp³-hybridized carbons (Fsp3) is 0.966. The molecule has 0 bridgehead atoms. The first-order chi connectivity index (χ1) is 17.8. The molecule has 38 heavy (non-hydrogen) atoms. The highest BCUT2D eigenvalue weighted by molar-refractivity contribution is 8.00. The minimum Gasteiger partial charge on any atom is -0.423 e. The van der Waals surface area contributed by atoms with Crippen LogP contribution in [0.4, 0.5) is 4.79 Å². The first-order valence-electron chi connectivity index (χ1n) is 14.6. The van der Waals surface area contributed by atoms with Crippen molar-refractivity contribution in [2.75, 3.05) is 11.5 Å². The van der Waals surface area contributed by atoms with E-state index in [1.165, 1.54) is 0 Å². The molecule has 220 valence electrons. The molecule has 2 aliphatic carbocycles. The fourth-order valence-electron chi connectivity index (χ4n) is 7.86. The minimum atomic E-state index is -0.825. The number of ether oxygens (including phenoxy) is 4. The van der Waals surface area contributed by atoms with Gasteiger partial charge in [0, 0.05) is 35.2 Å². The highest BCUT2D eigenvalue weighted by Gasteiger charge is 2.63. The third-order valence-electron chi connectivity index (χ3n) is 10.3. The van der Waals surface area contributed by atoms with Gasteiger partial charge in [-0.05, 0) is 49.4 Å². The van der Waals surface area contributed by atoms with Crippen molar-refractivity contribution in [1.29, 1.82) is 0 Å². The van der Waals surface area contributed by atoms with Crippen molar-refractivity contribution in [2.45, 2.75) is 114 Å². The summed E-state index contributed by atoms with van der Waals surface area (Å²) in [6.07, 6.45) is 3.55. The topological polar surface area (TPSA) is 54.0 Å². The van der Waals surface area contributed by atoms with E-state index in [9.17, 15) is 4.79 Å². The van der Waals surface area contributed by atoms with Gasteiger partial charge in [-0.25, -0.2) is 4.79 Å². The summed E-state index contributed by atoms with van der Waals surface area (Å²) in [4.78, 5) is 14.3. The first-order valence-corrected chi connectivity index (χ1v) is 17.6. The smallest absolute Gasteiger partial charge is 0.423 e. The van der Waals surface area contributed by atoms with Crippen LogP contribution in [0.2, 0.25) is 0 Å². The lowest BCUT2D eigenvalue weighted by molar-refractivity contribution is -0.223. The van der Waals surface area contributed by atoms with Gasteiger partial charge in [0.15, 0.2) is 11.2 Å². The lowest BCUT2D eigenvalue weighted by Gasteiger charge is -2.55. The molecule has 4 aliphatic rings. The van der Waals surface area contributed by atoms with E-state index in [1.54, 1.807) is 23.5 Å². The van der Waals surface area contributed by atoms with Crippen molar-refractivity contribution in [1.82, 2.24) is 0 Å². The van der Waals surface area contributed by atoms with Crippen LogP contribution in [0, 0.1) is 47.3 Å². The van der Waals surface area contributed by atoms with E-state index in [0.29, 0.717) is 35.2 Å². The molecule has 4 fully saturated rings. The number of halogens is 2. The summed E-state index contributed by atoms with van der Waals surface area (Å²) in [7, 11) is 0. The Morgan fingerprint density at radius 2 is 1.11 bits per heavy atom. The van der Waals surface area contributed by atoms with E-state index in [-0.39, 0.29) is 34.5 Å². The number of thioether (sulfide) groups is 2. The molecule has 12 unspecified atom stereocenters. The molecular weight excluding hydrogens is 563 g/mol. The molecule has 9 heteroatoms. The lowest BCUT2D eigenvalue weighted by Crippen LogP contribution is -2.64. The summed E-state index contributed by atoms with van der Waals surface area (Å²) in [5.41, 5.74) is -3.09. The second kappa shape index (κ2) is 12.4. The Labute approximate surface area is 248 Å². The van der Waals surface area contributed by atoms with Gasteiger partial charge in [-0.1, -0.05) is 78.6 Å². The molecule has 0 aromatic carbocycles. The van der Waals surface area contributed by atoms with E-state index in [4.69, 9.17) is 42.1 Å². The fourth-order valence-corrected chi connectivity index (χ4v) is 11.3. The second-order valence-electron chi connectivity index (χ2n) is 13.0. The van der Waals surface area contributed by atoms with Crippen LogP contribution in [0.5, 0.6) is 0 Å². The van der Waals surface area contributed by atoms with E-state index >= 15 is 0 Å². The van der Waals surface area contributed by atoms with Gasteiger partial charge in [0.25, 0.3) is 0 Å². The van der Waals surface area contributed by atoms with Crippen LogP contribution in [0.1, 0.15) is 81.1 Å². The SMILES string of the molecule is CC(C)C1CCC(C)C(C)C1(OC(=O)OC1(C2OC(Cl)CS2)C(C)C(C)CCC1C(C)C)C1OC(Cl)CS1. The molecule has 4 rings (SSSR count). The van der Waals surface area contributed by atoms with E-state index in [2.05, 4.69) is 55.4 Å². The summed E-state index contributed by atoms with van der Waals surface area (Å²) < 4.78 is 26.0. The molecule has 0 aromatic heterocycles. The van der Waals surface area contributed by atoms with Gasteiger partial charge in [-0.3, -0.25) is 0 Å². The van der Waals surface area contributed by atoms with Gasteiger partial charge < -0.3 is 18.9 Å². The van der Waals surface area contributed by atoms with E-state index < -0.39 is 28.5 Å². The predicted octanol–water partition coefficient (Wildman–Crippen LogP) is 8.60. The van der Waals surface area contributed by atoms with Gasteiger partial charge in [0.1, 0.15) is 22.0 Å². The Hall–Kier alpha value is 0.470. The third-order valence-corrected chi connectivity index (χ3v) is 13.8. The number of alkyl halides is 2. The highest BCUT2D eigenvalue weighted by Crippen LogP contribution is 2.57. The van der Waals surface area contributed by atoms with Crippen LogP contribution < -0.4 is 0 Å². The monoisotopic (exact) mass is 610 g/mol. The van der Waals surface area contributed by atoms with Crippen molar-refractivity contribution in [2.24, 2.45) is 47.3 Å². The summed E-state index contributed by atoms with van der Waals surface area (Å²) in [5.74, 6) is 3.22. The van der Waals surface area contributed by atoms with E-state index in [1.807, 2.05) is 0 Å². The van der Waals surface area contributed by atoms with Crippen LogP contribution in [0.25, 0.3) is 0 Å². The van der Waals surface area contributed by atoms with E-state index in [0.717, 1.165) is 25.7 Å².